The second kappa shape index (κ2) is 7.95. The monoisotopic (exact) mass is 426 g/mol. The van der Waals surface area contributed by atoms with Crippen LogP contribution in [0.5, 0.6) is 11.5 Å². The summed E-state index contributed by atoms with van der Waals surface area (Å²) in [4.78, 5) is 25.6. The Balaban J connectivity index is 1.73. The molecule has 1 N–H and O–H groups in total. The summed E-state index contributed by atoms with van der Waals surface area (Å²) in [5, 5.41) is 8.51. The van der Waals surface area contributed by atoms with Crippen LogP contribution in [-0.2, 0) is 0 Å². The van der Waals surface area contributed by atoms with Crippen molar-refractivity contribution in [1.29, 1.82) is 0 Å². The maximum Gasteiger partial charge on any atom is 0.293 e. The molecule has 5 rings (SSSR count). The van der Waals surface area contributed by atoms with Gasteiger partial charge in [-0.25, -0.2) is 15.0 Å². The van der Waals surface area contributed by atoms with E-state index in [1.807, 2.05) is 42.5 Å². The van der Waals surface area contributed by atoms with Crippen LogP contribution in [0.2, 0.25) is 0 Å². The van der Waals surface area contributed by atoms with Crippen LogP contribution >= 0.6 is 0 Å². The summed E-state index contributed by atoms with van der Waals surface area (Å²) in [5.41, 5.74) is 1.92. The van der Waals surface area contributed by atoms with Crippen molar-refractivity contribution >= 4 is 28.2 Å². The molecule has 158 valence electrons. The molecule has 0 spiro atoms. The topological polar surface area (TPSA) is 104 Å². The fourth-order valence-corrected chi connectivity index (χ4v) is 3.33. The van der Waals surface area contributed by atoms with Gasteiger partial charge in [-0.3, -0.25) is 4.79 Å². The summed E-state index contributed by atoms with van der Waals surface area (Å²) >= 11 is 0. The highest BCUT2D eigenvalue weighted by Gasteiger charge is 2.16. The maximum absolute atomic E-state index is 12.3. The Kier molecular flexibility index (Phi) is 4.83. The predicted octanol–water partition coefficient (Wildman–Crippen LogP) is 3.46. The Morgan fingerprint density at radius 2 is 1.69 bits per heavy atom. The standard InChI is InChI=1S/C23H18N6O3/c1-31-15-8-6-14(7-9-15)20-27-21-17-11-10-16(32-2)13-19(17)26-23(29(21)28-20)25-18-5-3-4-12-24-22(18)30/h3-13H,1-2H3,(H,24,25,26,30). The van der Waals surface area contributed by atoms with Gasteiger partial charge in [0.15, 0.2) is 11.5 Å². The number of rotatable bonds is 5. The molecular weight excluding hydrogens is 408 g/mol. The third kappa shape index (κ3) is 3.45. The lowest BCUT2D eigenvalue weighted by Gasteiger charge is -2.08. The Morgan fingerprint density at radius 3 is 2.47 bits per heavy atom. The number of ether oxygens (including phenoxy) is 2. The van der Waals surface area contributed by atoms with Crippen LogP contribution in [0, 0.1) is 0 Å². The van der Waals surface area contributed by atoms with Gasteiger partial charge in [0.05, 0.1) is 19.7 Å². The Bertz CT molecular complexity index is 1500. The first kappa shape index (κ1) is 19.4. The van der Waals surface area contributed by atoms with Crippen molar-refractivity contribution in [3.8, 4) is 22.9 Å². The van der Waals surface area contributed by atoms with E-state index in [1.54, 1.807) is 36.9 Å². The molecule has 0 fully saturated rings. The van der Waals surface area contributed by atoms with Gasteiger partial charge in [-0.05, 0) is 48.5 Å². The normalized spacial score (nSPS) is 10.9. The minimum Gasteiger partial charge on any atom is -0.497 e. The molecule has 9 nitrogen and oxygen atoms in total. The lowest BCUT2D eigenvalue weighted by Crippen LogP contribution is -2.11. The maximum atomic E-state index is 12.3. The van der Waals surface area contributed by atoms with E-state index >= 15 is 0 Å². The fourth-order valence-electron chi connectivity index (χ4n) is 3.33. The van der Waals surface area contributed by atoms with Crippen LogP contribution in [-0.4, -0.2) is 38.8 Å². The van der Waals surface area contributed by atoms with Crippen LogP contribution in [0.1, 0.15) is 0 Å². The minimum atomic E-state index is -0.411. The molecule has 3 heterocycles. The van der Waals surface area contributed by atoms with Gasteiger partial charge in [0, 0.05) is 23.2 Å². The molecule has 0 saturated heterocycles. The SMILES string of the molecule is COc1ccc(-c2nc3c4ccc(OC)cc4nc(Nc4ccccnc4=O)n3n2)cc1. The highest BCUT2D eigenvalue weighted by atomic mass is 16.5. The first-order chi connectivity index (χ1) is 15.7. The number of aromatic nitrogens is 5. The summed E-state index contributed by atoms with van der Waals surface area (Å²) in [6.45, 7) is 0. The molecule has 0 aliphatic rings. The number of hydrogen-bond acceptors (Lipinski definition) is 8. The van der Waals surface area contributed by atoms with Crippen molar-refractivity contribution in [3.05, 3.63) is 77.2 Å². The van der Waals surface area contributed by atoms with E-state index in [0.29, 0.717) is 28.7 Å². The summed E-state index contributed by atoms with van der Waals surface area (Å²) in [6.07, 6.45) is 1.44. The summed E-state index contributed by atoms with van der Waals surface area (Å²) in [6, 6.07) is 18.0. The Morgan fingerprint density at radius 1 is 0.906 bits per heavy atom. The molecule has 0 atom stereocenters. The van der Waals surface area contributed by atoms with Crippen LogP contribution < -0.4 is 20.3 Å². The van der Waals surface area contributed by atoms with E-state index in [0.717, 1.165) is 16.7 Å². The highest BCUT2D eigenvalue weighted by Crippen LogP contribution is 2.28. The van der Waals surface area contributed by atoms with Crippen molar-refractivity contribution in [1.82, 2.24) is 24.6 Å². The van der Waals surface area contributed by atoms with E-state index < -0.39 is 5.56 Å². The van der Waals surface area contributed by atoms with Gasteiger partial charge in [-0.2, -0.15) is 4.52 Å². The number of nitrogens with one attached hydrogen (secondary N) is 1. The van der Waals surface area contributed by atoms with Crippen molar-refractivity contribution < 1.29 is 9.47 Å². The summed E-state index contributed by atoms with van der Waals surface area (Å²) in [7, 11) is 3.21. The average molecular weight is 426 g/mol. The van der Waals surface area contributed by atoms with Crippen LogP contribution in [0.15, 0.2) is 71.7 Å². The first-order valence-corrected chi connectivity index (χ1v) is 9.77. The molecule has 5 aromatic rings. The largest absolute Gasteiger partial charge is 0.497 e. The van der Waals surface area contributed by atoms with E-state index in [4.69, 9.17) is 14.5 Å². The van der Waals surface area contributed by atoms with Crippen LogP contribution in [0.3, 0.4) is 0 Å². The Labute approximate surface area is 182 Å². The average Bonchev–Trinajstić information content (AvgIpc) is 3.18. The van der Waals surface area contributed by atoms with Crippen LogP contribution in [0.25, 0.3) is 27.9 Å². The zero-order valence-corrected chi connectivity index (χ0v) is 17.3. The molecule has 0 saturated carbocycles. The van der Waals surface area contributed by atoms with E-state index in [-0.39, 0.29) is 5.69 Å². The van der Waals surface area contributed by atoms with Crippen molar-refractivity contribution in [3.63, 3.8) is 0 Å². The van der Waals surface area contributed by atoms with Gasteiger partial charge >= 0.3 is 0 Å². The van der Waals surface area contributed by atoms with E-state index in [1.165, 1.54) is 6.20 Å². The number of benzene rings is 2. The number of anilines is 2. The third-order valence-corrected chi connectivity index (χ3v) is 4.96. The van der Waals surface area contributed by atoms with Crippen molar-refractivity contribution in [2.45, 2.75) is 0 Å². The van der Waals surface area contributed by atoms with E-state index in [9.17, 15) is 4.79 Å². The number of hydrogen-bond donors (Lipinski definition) is 1. The van der Waals surface area contributed by atoms with Crippen molar-refractivity contribution in [2.24, 2.45) is 0 Å². The van der Waals surface area contributed by atoms with Gasteiger partial charge in [0.25, 0.3) is 5.56 Å². The highest BCUT2D eigenvalue weighted by molar-refractivity contribution is 5.94. The number of fused-ring (bicyclic) bond motifs is 3. The molecule has 3 aromatic heterocycles. The smallest absolute Gasteiger partial charge is 0.293 e. The number of methoxy groups -OCH3 is 2. The molecule has 0 unspecified atom stereocenters. The third-order valence-electron chi connectivity index (χ3n) is 4.96. The molecule has 2 aromatic carbocycles. The molecule has 0 radical (unpaired) electrons. The predicted molar refractivity (Wildman–Crippen MR) is 121 cm³/mol. The second-order valence-electron chi connectivity index (χ2n) is 6.89. The van der Waals surface area contributed by atoms with Gasteiger partial charge in [-0.15, -0.1) is 5.10 Å². The van der Waals surface area contributed by atoms with Gasteiger partial charge < -0.3 is 14.8 Å². The van der Waals surface area contributed by atoms with Gasteiger partial charge in [0.1, 0.15) is 17.2 Å². The van der Waals surface area contributed by atoms with Gasteiger partial charge in [-0.1, -0.05) is 6.07 Å². The lowest BCUT2D eigenvalue weighted by atomic mass is 10.2. The molecule has 0 aliphatic heterocycles. The summed E-state index contributed by atoms with van der Waals surface area (Å²) in [5.74, 6) is 2.25. The molecule has 0 aliphatic carbocycles. The molecule has 9 heteroatoms. The molecular formula is C23H18N6O3. The second-order valence-corrected chi connectivity index (χ2v) is 6.89. The fraction of sp³-hybridized carbons (Fsp3) is 0.0870. The lowest BCUT2D eigenvalue weighted by molar-refractivity contribution is 0.415. The minimum absolute atomic E-state index is 0.271. The van der Waals surface area contributed by atoms with Gasteiger partial charge in [0.2, 0.25) is 5.95 Å². The quantitative estimate of drug-likeness (QED) is 0.456. The summed E-state index contributed by atoms with van der Waals surface area (Å²) < 4.78 is 12.2. The van der Waals surface area contributed by atoms with E-state index in [2.05, 4.69) is 20.4 Å². The molecule has 0 amide bonds. The van der Waals surface area contributed by atoms with Crippen LogP contribution in [0.4, 0.5) is 11.6 Å². The van der Waals surface area contributed by atoms with Crippen molar-refractivity contribution in [2.75, 3.05) is 19.5 Å². The first-order valence-electron chi connectivity index (χ1n) is 9.77. The zero-order valence-electron chi connectivity index (χ0n) is 17.3. The molecule has 0 bridgehead atoms. The number of nitrogens with zero attached hydrogens (tertiary/aromatic N) is 5. The Hall–Kier alpha value is -4.53. The molecule has 32 heavy (non-hydrogen) atoms. The zero-order chi connectivity index (χ0) is 22.1.